The van der Waals surface area contributed by atoms with E-state index in [1.54, 1.807) is 6.92 Å². The molecule has 1 atom stereocenters. The van der Waals surface area contributed by atoms with E-state index in [1.165, 1.54) is 4.90 Å². The lowest BCUT2D eigenvalue weighted by atomic mass is 9.75. The first kappa shape index (κ1) is 13.3. The predicted molar refractivity (Wildman–Crippen MR) is 66.7 cm³/mol. The van der Waals surface area contributed by atoms with E-state index in [9.17, 15) is 14.4 Å². The summed E-state index contributed by atoms with van der Waals surface area (Å²) in [6, 6.07) is 0. The van der Waals surface area contributed by atoms with Gasteiger partial charge in [0.05, 0.1) is 5.68 Å². The van der Waals surface area contributed by atoms with Crippen LogP contribution in [0.1, 0.15) is 39.0 Å². The molecule has 1 unspecified atom stereocenters. The first-order valence-corrected chi connectivity index (χ1v) is 6.62. The van der Waals surface area contributed by atoms with Crippen LogP contribution in [0.4, 0.5) is 0 Å². The van der Waals surface area contributed by atoms with Crippen LogP contribution in [-0.2, 0) is 14.4 Å². The Labute approximate surface area is 109 Å². The summed E-state index contributed by atoms with van der Waals surface area (Å²) in [4.78, 5) is 35.9. The number of carbonyl (C=O) groups excluding carboxylic acids is 3. The van der Waals surface area contributed by atoms with E-state index in [4.69, 9.17) is 7.85 Å². The maximum absolute atomic E-state index is 11.8. The number of likely N-dealkylation sites (tertiary alicyclic amines) is 1. The van der Waals surface area contributed by atoms with E-state index in [-0.39, 0.29) is 29.3 Å². The van der Waals surface area contributed by atoms with Gasteiger partial charge in [-0.1, -0.05) is 6.92 Å². The summed E-state index contributed by atoms with van der Waals surface area (Å²) in [5.74, 6) is 0.0463. The monoisotopic (exact) mass is 247 g/mol. The molecule has 96 valence electrons. The van der Waals surface area contributed by atoms with Crippen molar-refractivity contribution < 1.29 is 14.4 Å². The summed E-state index contributed by atoms with van der Waals surface area (Å²) < 4.78 is 0. The second-order valence-electron chi connectivity index (χ2n) is 5.57. The highest BCUT2D eigenvalue weighted by atomic mass is 16.2. The topological polar surface area (TPSA) is 54.5 Å². The molecule has 0 N–H and O–H groups in total. The third-order valence-electron chi connectivity index (χ3n) is 4.16. The highest BCUT2D eigenvalue weighted by Crippen LogP contribution is 2.31. The molecule has 0 spiro atoms. The Kier molecular flexibility index (Phi) is 3.88. The van der Waals surface area contributed by atoms with Gasteiger partial charge in [0.25, 0.3) is 0 Å². The second kappa shape index (κ2) is 5.25. The second-order valence-corrected chi connectivity index (χ2v) is 5.57. The molecule has 18 heavy (non-hydrogen) atoms. The SMILES string of the molecule is [B]C(=O)C1CCC(CN2C(=O)CC(C)C2=O)CC1. The van der Waals surface area contributed by atoms with Gasteiger partial charge >= 0.3 is 0 Å². The zero-order chi connectivity index (χ0) is 13.3. The molecule has 0 bridgehead atoms. The third-order valence-corrected chi connectivity index (χ3v) is 4.16. The molecule has 1 saturated heterocycles. The maximum Gasteiger partial charge on any atom is 0.232 e. The fourth-order valence-electron chi connectivity index (χ4n) is 2.93. The van der Waals surface area contributed by atoms with E-state index in [1.807, 2.05) is 0 Å². The van der Waals surface area contributed by atoms with Gasteiger partial charge in [-0.05, 0) is 31.6 Å². The minimum atomic E-state index is -0.226. The lowest BCUT2D eigenvalue weighted by Gasteiger charge is -2.29. The molecular formula is C13H18BNO3. The van der Waals surface area contributed by atoms with Crippen LogP contribution in [0.15, 0.2) is 0 Å². The van der Waals surface area contributed by atoms with E-state index in [0.29, 0.717) is 18.9 Å². The summed E-state index contributed by atoms with van der Waals surface area (Å²) in [7, 11) is 5.28. The number of imide groups is 1. The Morgan fingerprint density at radius 1 is 1.28 bits per heavy atom. The Bertz CT molecular complexity index is 374. The van der Waals surface area contributed by atoms with Crippen molar-refractivity contribution in [3.05, 3.63) is 0 Å². The molecule has 2 rings (SSSR count). The number of hydrogen-bond donors (Lipinski definition) is 0. The summed E-state index contributed by atoms with van der Waals surface area (Å²) in [5.41, 5.74) is -0.226. The normalized spacial score (nSPS) is 32.9. The molecule has 0 aromatic rings. The van der Waals surface area contributed by atoms with E-state index >= 15 is 0 Å². The van der Waals surface area contributed by atoms with Crippen molar-refractivity contribution in [2.45, 2.75) is 39.0 Å². The largest absolute Gasteiger partial charge is 0.312 e. The molecule has 1 aliphatic carbocycles. The van der Waals surface area contributed by atoms with E-state index in [0.717, 1.165) is 25.7 Å². The van der Waals surface area contributed by atoms with Gasteiger partial charge in [-0.15, -0.1) is 0 Å². The van der Waals surface area contributed by atoms with Crippen molar-refractivity contribution in [3.63, 3.8) is 0 Å². The average molecular weight is 247 g/mol. The van der Waals surface area contributed by atoms with Gasteiger partial charge in [-0.25, -0.2) is 0 Å². The number of amides is 2. The maximum atomic E-state index is 11.8. The molecule has 2 aliphatic rings. The smallest absolute Gasteiger partial charge is 0.232 e. The number of nitrogens with zero attached hydrogens (tertiary/aromatic N) is 1. The quantitative estimate of drug-likeness (QED) is 0.549. The van der Waals surface area contributed by atoms with E-state index < -0.39 is 0 Å². The standard InChI is InChI=1S/C13H18BNO3/c1-8-6-11(16)15(13(8)18)7-9-2-4-10(5-3-9)12(14)17/h8-10H,2-7H2,1H3. The first-order chi connectivity index (χ1) is 8.49. The molecule has 1 saturated carbocycles. The zero-order valence-corrected chi connectivity index (χ0v) is 10.7. The number of hydrogen-bond acceptors (Lipinski definition) is 3. The van der Waals surface area contributed by atoms with Crippen LogP contribution in [-0.4, -0.2) is 36.8 Å². The van der Waals surface area contributed by atoms with Gasteiger partial charge in [0.15, 0.2) is 7.85 Å². The van der Waals surface area contributed by atoms with Crippen molar-refractivity contribution in [1.29, 1.82) is 0 Å². The van der Waals surface area contributed by atoms with Gasteiger partial charge < -0.3 is 4.79 Å². The fourth-order valence-corrected chi connectivity index (χ4v) is 2.93. The van der Waals surface area contributed by atoms with Gasteiger partial charge in [0.1, 0.15) is 0 Å². The van der Waals surface area contributed by atoms with Gasteiger partial charge in [0.2, 0.25) is 11.8 Å². The van der Waals surface area contributed by atoms with Crippen molar-refractivity contribution in [1.82, 2.24) is 4.90 Å². The van der Waals surface area contributed by atoms with Crippen LogP contribution in [0.5, 0.6) is 0 Å². The molecule has 0 aromatic carbocycles. The third kappa shape index (κ3) is 2.65. The van der Waals surface area contributed by atoms with Crippen LogP contribution in [0, 0.1) is 17.8 Å². The van der Waals surface area contributed by atoms with Gasteiger partial charge in [-0.3, -0.25) is 14.5 Å². The molecule has 2 amide bonds. The van der Waals surface area contributed by atoms with Crippen LogP contribution in [0.3, 0.4) is 0 Å². The lowest BCUT2D eigenvalue weighted by molar-refractivity contribution is -0.140. The lowest BCUT2D eigenvalue weighted by Crippen LogP contribution is -2.36. The molecule has 1 aliphatic heterocycles. The summed E-state index contributed by atoms with van der Waals surface area (Å²) in [6.07, 6.45) is 3.66. The van der Waals surface area contributed by atoms with Gasteiger partial charge in [0, 0.05) is 24.8 Å². The summed E-state index contributed by atoms with van der Waals surface area (Å²) >= 11 is 0. The molecular weight excluding hydrogens is 229 g/mol. The highest BCUT2D eigenvalue weighted by molar-refractivity contribution is 6.58. The van der Waals surface area contributed by atoms with Gasteiger partial charge in [-0.2, -0.15) is 0 Å². The summed E-state index contributed by atoms with van der Waals surface area (Å²) in [6.45, 7) is 2.32. The highest BCUT2D eigenvalue weighted by Gasteiger charge is 2.37. The van der Waals surface area contributed by atoms with Crippen LogP contribution in [0.25, 0.3) is 0 Å². The molecule has 2 fully saturated rings. The van der Waals surface area contributed by atoms with Crippen LogP contribution in [0.2, 0.25) is 0 Å². The van der Waals surface area contributed by atoms with Crippen molar-refractivity contribution in [2.24, 2.45) is 17.8 Å². The number of rotatable bonds is 3. The molecule has 5 heteroatoms. The van der Waals surface area contributed by atoms with Crippen molar-refractivity contribution >= 4 is 25.3 Å². The van der Waals surface area contributed by atoms with E-state index in [2.05, 4.69) is 0 Å². The zero-order valence-electron chi connectivity index (χ0n) is 10.7. The molecule has 2 radical (unpaired) electrons. The Balaban J connectivity index is 1.87. The molecule has 0 aromatic heterocycles. The fraction of sp³-hybridized carbons (Fsp3) is 0.769. The Hall–Kier alpha value is -1.13. The Morgan fingerprint density at radius 3 is 2.33 bits per heavy atom. The molecule has 4 nitrogen and oxygen atoms in total. The van der Waals surface area contributed by atoms with Crippen LogP contribution >= 0.6 is 0 Å². The minimum Gasteiger partial charge on any atom is -0.312 e. The van der Waals surface area contributed by atoms with Crippen LogP contribution < -0.4 is 0 Å². The van der Waals surface area contributed by atoms with Crippen molar-refractivity contribution in [2.75, 3.05) is 6.54 Å². The first-order valence-electron chi connectivity index (χ1n) is 6.62. The average Bonchev–Trinajstić information content (AvgIpc) is 2.57. The minimum absolute atomic E-state index is 0.0230. The Morgan fingerprint density at radius 2 is 1.89 bits per heavy atom. The summed E-state index contributed by atoms with van der Waals surface area (Å²) in [5, 5.41) is 0. The molecule has 1 heterocycles. The predicted octanol–water partition coefficient (Wildman–Crippen LogP) is 0.883. The number of carbonyl (C=O) groups is 3. The van der Waals surface area contributed by atoms with Crippen molar-refractivity contribution in [3.8, 4) is 0 Å².